The molecule has 0 aromatic heterocycles. The topological polar surface area (TPSA) is 52.6 Å². The highest BCUT2D eigenvalue weighted by atomic mass is 16.5. The van der Waals surface area contributed by atoms with Crippen LogP contribution >= 0.6 is 0 Å². The quantitative estimate of drug-likeness (QED) is 0.720. The molecule has 1 aromatic rings. The second kappa shape index (κ2) is 8.70. The predicted molar refractivity (Wildman–Crippen MR) is 89.8 cm³/mol. The molecular weight excluding hydrogens is 292 g/mol. The molecule has 2 atom stereocenters. The van der Waals surface area contributed by atoms with E-state index in [2.05, 4.69) is 32.9 Å². The third-order valence-electron chi connectivity index (χ3n) is 4.30. The molecule has 0 fully saturated rings. The Morgan fingerprint density at radius 2 is 1.65 bits per heavy atom. The molecule has 1 rings (SSSR count). The van der Waals surface area contributed by atoms with Gasteiger partial charge in [-0.15, -0.1) is 0 Å². The number of ether oxygens (including phenoxy) is 2. The fourth-order valence-electron chi connectivity index (χ4n) is 3.01. The average Bonchev–Trinajstić information content (AvgIpc) is 2.52. The van der Waals surface area contributed by atoms with E-state index in [4.69, 9.17) is 9.47 Å². The lowest BCUT2D eigenvalue weighted by atomic mass is 9.69. The molecule has 0 amide bonds. The molecule has 0 saturated heterocycles. The minimum Gasteiger partial charge on any atom is -0.469 e. The van der Waals surface area contributed by atoms with Crippen LogP contribution in [0.25, 0.3) is 0 Å². The zero-order valence-electron chi connectivity index (χ0n) is 14.8. The van der Waals surface area contributed by atoms with Gasteiger partial charge >= 0.3 is 11.9 Å². The van der Waals surface area contributed by atoms with Gasteiger partial charge in [-0.25, -0.2) is 0 Å². The molecule has 4 nitrogen and oxygen atoms in total. The van der Waals surface area contributed by atoms with Crippen LogP contribution in [0, 0.1) is 17.3 Å². The average molecular weight is 320 g/mol. The maximum absolute atomic E-state index is 12.2. The van der Waals surface area contributed by atoms with Gasteiger partial charge < -0.3 is 9.47 Å². The zero-order valence-corrected chi connectivity index (χ0v) is 14.8. The van der Waals surface area contributed by atoms with Crippen LogP contribution < -0.4 is 0 Å². The number of aryl methyl sites for hydroxylation is 1. The summed E-state index contributed by atoms with van der Waals surface area (Å²) in [6.45, 7) is 6.28. The van der Waals surface area contributed by atoms with Crippen molar-refractivity contribution < 1.29 is 19.1 Å². The molecule has 0 bridgehead atoms. The Kier molecular flexibility index (Phi) is 7.27. The molecule has 0 spiro atoms. The van der Waals surface area contributed by atoms with E-state index in [1.165, 1.54) is 19.8 Å². The van der Waals surface area contributed by atoms with Crippen molar-refractivity contribution >= 4 is 11.9 Å². The van der Waals surface area contributed by atoms with Gasteiger partial charge in [-0.1, -0.05) is 51.1 Å². The maximum atomic E-state index is 12.2. The minimum atomic E-state index is -0.490. The van der Waals surface area contributed by atoms with Crippen molar-refractivity contribution in [3.63, 3.8) is 0 Å². The van der Waals surface area contributed by atoms with Crippen LogP contribution in [0.3, 0.4) is 0 Å². The van der Waals surface area contributed by atoms with Crippen LogP contribution in [0.1, 0.15) is 39.2 Å². The van der Waals surface area contributed by atoms with Gasteiger partial charge in [0, 0.05) is 0 Å². The largest absolute Gasteiger partial charge is 0.469 e. The molecule has 1 unspecified atom stereocenters. The molecule has 0 aliphatic rings. The fourth-order valence-corrected chi connectivity index (χ4v) is 3.01. The van der Waals surface area contributed by atoms with E-state index in [0.717, 1.165) is 12.8 Å². The Morgan fingerprint density at radius 3 is 2.13 bits per heavy atom. The van der Waals surface area contributed by atoms with E-state index in [9.17, 15) is 9.59 Å². The van der Waals surface area contributed by atoms with Gasteiger partial charge in [0.2, 0.25) is 0 Å². The number of hydrogen-bond donors (Lipinski definition) is 0. The Balaban J connectivity index is 2.95. The summed E-state index contributed by atoms with van der Waals surface area (Å²) in [6.07, 6.45) is 1.72. The highest BCUT2D eigenvalue weighted by Crippen LogP contribution is 2.38. The Labute approximate surface area is 139 Å². The van der Waals surface area contributed by atoms with Gasteiger partial charge in [0.05, 0.1) is 26.6 Å². The second-order valence-electron chi connectivity index (χ2n) is 6.91. The lowest BCUT2D eigenvalue weighted by Gasteiger charge is -2.35. The molecule has 1 aromatic carbocycles. The first kappa shape index (κ1) is 19.2. The molecule has 0 radical (unpaired) electrons. The van der Waals surface area contributed by atoms with Crippen LogP contribution in [-0.2, 0) is 25.5 Å². The summed E-state index contributed by atoms with van der Waals surface area (Å²) in [7, 11) is 2.70. The molecule has 4 heteroatoms. The monoisotopic (exact) mass is 320 g/mol. The van der Waals surface area contributed by atoms with Gasteiger partial charge in [-0.2, -0.15) is 0 Å². The van der Waals surface area contributed by atoms with Crippen molar-refractivity contribution in [3.8, 4) is 0 Å². The first-order chi connectivity index (χ1) is 10.8. The van der Waals surface area contributed by atoms with Gasteiger partial charge in [-0.05, 0) is 29.7 Å². The summed E-state index contributed by atoms with van der Waals surface area (Å²) >= 11 is 0. The van der Waals surface area contributed by atoms with Crippen LogP contribution in [0.5, 0.6) is 0 Å². The van der Waals surface area contributed by atoms with Crippen LogP contribution in [0.2, 0.25) is 0 Å². The molecule has 0 N–H and O–H groups in total. The van der Waals surface area contributed by atoms with E-state index in [-0.39, 0.29) is 29.7 Å². The molecular formula is C19H28O4. The summed E-state index contributed by atoms with van der Waals surface area (Å²) in [6, 6.07) is 10.2. The van der Waals surface area contributed by atoms with Crippen molar-refractivity contribution in [2.45, 2.75) is 40.0 Å². The van der Waals surface area contributed by atoms with Crippen LogP contribution in [0.4, 0.5) is 0 Å². The molecule has 0 heterocycles. The van der Waals surface area contributed by atoms with Crippen LogP contribution in [-0.4, -0.2) is 26.2 Å². The third-order valence-corrected chi connectivity index (χ3v) is 4.30. The van der Waals surface area contributed by atoms with E-state index in [1.807, 2.05) is 18.2 Å². The number of carbonyl (C=O) groups is 2. The number of carbonyl (C=O) groups excluding carboxylic acids is 2. The molecule has 0 aliphatic carbocycles. The van der Waals surface area contributed by atoms with Crippen LogP contribution in [0.15, 0.2) is 30.3 Å². The van der Waals surface area contributed by atoms with Crippen molar-refractivity contribution in [1.29, 1.82) is 0 Å². The van der Waals surface area contributed by atoms with Crippen molar-refractivity contribution in [1.82, 2.24) is 0 Å². The molecule has 128 valence electrons. The molecule has 0 aliphatic heterocycles. The van der Waals surface area contributed by atoms with Gasteiger partial charge in [0.25, 0.3) is 0 Å². The van der Waals surface area contributed by atoms with Crippen molar-refractivity contribution in [3.05, 3.63) is 35.9 Å². The van der Waals surface area contributed by atoms with E-state index in [0.29, 0.717) is 0 Å². The van der Waals surface area contributed by atoms with Gasteiger partial charge in [0.15, 0.2) is 0 Å². The number of methoxy groups -OCH3 is 2. The van der Waals surface area contributed by atoms with Crippen molar-refractivity contribution in [2.24, 2.45) is 17.3 Å². The maximum Gasteiger partial charge on any atom is 0.309 e. The summed E-state index contributed by atoms with van der Waals surface area (Å²) in [4.78, 5) is 24.0. The van der Waals surface area contributed by atoms with Gasteiger partial charge in [-0.3, -0.25) is 9.59 Å². The zero-order chi connectivity index (χ0) is 17.5. The second-order valence-corrected chi connectivity index (χ2v) is 6.91. The number of esters is 2. The normalized spacial score (nSPS) is 14.0. The van der Waals surface area contributed by atoms with E-state index in [1.54, 1.807) is 0 Å². The van der Waals surface area contributed by atoms with E-state index >= 15 is 0 Å². The summed E-state index contributed by atoms with van der Waals surface area (Å²) in [5.41, 5.74) is 1.10. The van der Waals surface area contributed by atoms with Crippen molar-refractivity contribution in [2.75, 3.05) is 14.2 Å². The summed E-state index contributed by atoms with van der Waals surface area (Å²) in [5.74, 6) is -1.19. The Hall–Kier alpha value is -1.84. The number of benzene rings is 1. The SMILES string of the molecule is COC(=O)C[C@H](C(=O)OC)C(CCc1ccccc1)C(C)(C)C. The van der Waals surface area contributed by atoms with E-state index < -0.39 is 5.92 Å². The Bertz CT molecular complexity index is 502. The number of hydrogen-bond acceptors (Lipinski definition) is 4. The fraction of sp³-hybridized carbons (Fsp3) is 0.579. The highest BCUT2D eigenvalue weighted by molar-refractivity contribution is 5.80. The first-order valence-corrected chi connectivity index (χ1v) is 7.98. The highest BCUT2D eigenvalue weighted by Gasteiger charge is 2.38. The Morgan fingerprint density at radius 1 is 1.04 bits per heavy atom. The molecule has 23 heavy (non-hydrogen) atoms. The minimum absolute atomic E-state index is 0.0225. The standard InChI is InChI=1S/C19H28O4/c1-19(2,3)16(12-11-14-9-7-6-8-10-14)15(18(21)23-5)13-17(20)22-4/h6-10,15-16H,11-13H2,1-5H3/t15-,16?/m0/s1. The first-order valence-electron chi connectivity index (χ1n) is 7.98. The third kappa shape index (κ3) is 6.05. The lowest BCUT2D eigenvalue weighted by Crippen LogP contribution is -2.36. The number of rotatable bonds is 7. The summed E-state index contributed by atoms with van der Waals surface area (Å²) < 4.78 is 9.69. The molecule has 0 saturated carbocycles. The van der Waals surface area contributed by atoms with Gasteiger partial charge in [0.1, 0.15) is 0 Å². The predicted octanol–water partition coefficient (Wildman–Crippen LogP) is 3.63. The summed E-state index contributed by atoms with van der Waals surface area (Å²) in [5, 5.41) is 0. The smallest absolute Gasteiger partial charge is 0.309 e. The lowest BCUT2D eigenvalue weighted by molar-refractivity contribution is -0.156.